The molecule has 0 bridgehead atoms. The van der Waals surface area contributed by atoms with Gasteiger partial charge in [0.1, 0.15) is 30.5 Å². The van der Waals surface area contributed by atoms with Gasteiger partial charge in [0.2, 0.25) is 11.9 Å². The van der Waals surface area contributed by atoms with Gasteiger partial charge in [-0.2, -0.15) is 5.10 Å². The number of rotatable bonds is 21. The van der Waals surface area contributed by atoms with Crippen molar-refractivity contribution in [3.05, 3.63) is 151 Å². The number of esters is 5. The first-order valence-electron chi connectivity index (χ1n) is 18.1. The molecule has 1 unspecified atom stereocenters. The minimum absolute atomic E-state index is 0.0434. The van der Waals surface area contributed by atoms with Crippen LogP contribution in [0.4, 0.5) is 5.13 Å². The van der Waals surface area contributed by atoms with E-state index in [0.717, 1.165) is 34.0 Å². The number of aromatic nitrogens is 1. The van der Waals surface area contributed by atoms with E-state index in [4.69, 9.17) is 33.2 Å². The smallest absolute Gasteiger partial charge is 0.343 e. The fourth-order valence-electron chi connectivity index (χ4n) is 4.99. The molecule has 0 N–H and O–H groups in total. The van der Waals surface area contributed by atoms with E-state index in [9.17, 15) is 24.0 Å². The first-order valence-corrected chi connectivity index (χ1v) is 18.9. The Bertz CT molecular complexity index is 2340. The molecule has 0 aliphatic rings. The number of nitrogens with zero attached hydrogens (tertiary/aromatic N) is 3. The highest BCUT2D eigenvalue weighted by Crippen LogP contribution is 2.28. The zero-order valence-electron chi connectivity index (χ0n) is 32.4. The topological polar surface area (TPSA) is 178 Å². The monoisotopic (exact) mass is 833 g/mol. The predicted octanol–water partition coefficient (Wildman–Crippen LogP) is 6.66. The number of para-hydroxylation sites is 1. The molecule has 5 aromatic rings. The number of carbonyl (C=O) groups is 5. The Morgan fingerprint density at radius 3 is 2.08 bits per heavy atom. The average Bonchev–Trinajstić information content (AvgIpc) is 3.72. The second-order valence-corrected chi connectivity index (χ2v) is 13.3. The highest BCUT2D eigenvalue weighted by Gasteiger charge is 2.18. The van der Waals surface area contributed by atoms with Crippen molar-refractivity contribution in [1.82, 2.24) is 4.98 Å². The maximum absolute atomic E-state index is 13.4. The molecule has 0 fully saturated rings. The van der Waals surface area contributed by atoms with Crippen molar-refractivity contribution in [1.29, 1.82) is 0 Å². The number of hydrogen-bond donors (Lipinski definition) is 0. The molecule has 60 heavy (non-hydrogen) atoms. The van der Waals surface area contributed by atoms with Gasteiger partial charge in [0.05, 0.1) is 34.2 Å². The summed E-state index contributed by atoms with van der Waals surface area (Å²) in [4.78, 5) is 65.2. The molecular weight excluding hydrogens is 795 g/mol. The van der Waals surface area contributed by atoms with Gasteiger partial charge < -0.3 is 33.2 Å². The summed E-state index contributed by atoms with van der Waals surface area (Å²) >= 11 is 1.47. The minimum Gasteiger partial charge on any atom is -0.490 e. The summed E-state index contributed by atoms with van der Waals surface area (Å²) in [6, 6.07) is 25.1. The summed E-state index contributed by atoms with van der Waals surface area (Å²) < 4.78 is 38.3. The summed E-state index contributed by atoms with van der Waals surface area (Å²) in [7, 11) is 1.75. The van der Waals surface area contributed by atoms with E-state index in [-0.39, 0.29) is 37.9 Å². The fraction of sp³-hybridized carbons (Fsp3) is 0.159. The summed E-state index contributed by atoms with van der Waals surface area (Å²) in [5, 5.41) is 6.84. The molecule has 4 aromatic carbocycles. The van der Waals surface area contributed by atoms with Crippen molar-refractivity contribution in [2.24, 2.45) is 5.10 Å². The van der Waals surface area contributed by atoms with E-state index in [1.807, 2.05) is 24.3 Å². The Hall–Kier alpha value is -7.59. The number of carbonyl (C=O) groups excluding carboxylic acids is 5. The lowest BCUT2D eigenvalue weighted by Crippen LogP contribution is -2.30. The second-order valence-electron chi connectivity index (χ2n) is 12.3. The molecule has 1 aromatic heterocycles. The van der Waals surface area contributed by atoms with Crippen LogP contribution in [0.15, 0.2) is 134 Å². The summed E-state index contributed by atoms with van der Waals surface area (Å²) in [6.07, 6.45) is 3.92. The highest BCUT2D eigenvalue weighted by molar-refractivity contribution is 7.22. The molecular formula is C44H39N3O12S. The van der Waals surface area contributed by atoms with Gasteiger partial charge in [-0.25, -0.2) is 34.0 Å². The van der Waals surface area contributed by atoms with E-state index in [1.165, 1.54) is 47.7 Å². The number of hydrogen-bond acceptors (Lipinski definition) is 16. The summed E-state index contributed by atoms with van der Waals surface area (Å²) in [5.41, 5.74) is 2.57. The standard InChI is InChI=1S/C44H39N3O12S/c1-5-39(48)55-27-35(58-41(50)7-3)26-54-33-17-15-31(16-18-33)43(52)59-37-21-12-29(24-32(37)25-45-47(4)44-46-36-10-8-9-11-38(36)60-44)22-23-53-42(51)30-13-19-34(20-14-30)56-28-57-40(49)6-2/h5-21,24-25,35H,1-3,22-23,26-28H2,4H3/b45-25+. The molecule has 308 valence electrons. The van der Waals surface area contributed by atoms with Crippen molar-refractivity contribution in [3.63, 3.8) is 0 Å². The van der Waals surface area contributed by atoms with Crippen LogP contribution >= 0.6 is 11.3 Å². The Morgan fingerprint density at radius 2 is 1.40 bits per heavy atom. The molecule has 1 atom stereocenters. The lowest BCUT2D eigenvalue weighted by atomic mass is 10.1. The molecule has 0 amide bonds. The number of benzene rings is 4. The van der Waals surface area contributed by atoms with Crippen LogP contribution in [0.25, 0.3) is 10.2 Å². The average molecular weight is 834 g/mol. The predicted molar refractivity (Wildman–Crippen MR) is 222 cm³/mol. The van der Waals surface area contributed by atoms with E-state index in [0.29, 0.717) is 34.2 Å². The van der Waals surface area contributed by atoms with Crippen molar-refractivity contribution in [3.8, 4) is 17.2 Å². The number of hydrazone groups is 1. The fourth-order valence-corrected chi connectivity index (χ4v) is 5.87. The van der Waals surface area contributed by atoms with Crippen LogP contribution in [0, 0.1) is 0 Å². The van der Waals surface area contributed by atoms with Gasteiger partial charge in [-0.1, -0.05) is 49.3 Å². The molecule has 1 heterocycles. The Labute approximate surface area is 348 Å². The molecule has 0 aliphatic carbocycles. The van der Waals surface area contributed by atoms with Crippen molar-refractivity contribution in [2.45, 2.75) is 12.5 Å². The van der Waals surface area contributed by atoms with Gasteiger partial charge >= 0.3 is 29.8 Å². The quantitative estimate of drug-likeness (QED) is 0.0146. The van der Waals surface area contributed by atoms with Gasteiger partial charge in [0, 0.05) is 37.3 Å². The van der Waals surface area contributed by atoms with E-state index in [2.05, 4.69) is 29.8 Å². The van der Waals surface area contributed by atoms with Crippen LogP contribution in [0.2, 0.25) is 0 Å². The maximum atomic E-state index is 13.4. The van der Waals surface area contributed by atoms with Crippen LogP contribution in [0.1, 0.15) is 31.8 Å². The largest absolute Gasteiger partial charge is 0.490 e. The highest BCUT2D eigenvalue weighted by atomic mass is 32.1. The molecule has 0 aliphatic heterocycles. The lowest BCUT2D eigenvalue weighted by Gasteiger charge is -2.17. The zero-order valence-corrected chi connectivity index (χ0v) is 33.2. The summed E-state index contributed by atoms with van der Waals surface area (Å²) in [6.45, 7) is 9.32. The van der Waals surface area contributed by atoms with Crippen LogP contribution in [-0.4, -0.2) is 80.8 Å². The number of thiazole rings is 1. The normalized spacial score (nSPS) is 11.2. The van der Waals surface area contributed by atoms with Crippen LogP contribution in [0.5, 0.6) is 17.2 Å². The van der Waals surface area contributed by atoms with Crippen molar-refractivity contribution in [2.75, 3.05) is 38.7 Å². The lowest BCUT2D eigenvalue weighted by molar-refractivity contribution is -0.154. The Kier molecular flexibility index (Phi) is 15.8. The zero-order chi connectivity index (χ0) is 42.9. The van der Waals surface area contributed by atoms with Gasteiger partial charge in [-0.3, -0.25) is 0 Å². The third kappa shape index (κ3) is 13.0. The molecule has 0 spiro atoms. The first kappa shape index (κ1) is 43.5. The Balaban J connectivity index is 1.25. The van der Waals surface area contributed by atoms with Gasteiger partial charge in [0.15, 0.2) is 6.10 Å². The van der Waals surface area contributed by atoms with Crippen LogP contribution in [-0.2, 0) is 39.8 Å². The molecule has 16 heteroatoms. The number of anilines is 1. The van der Waals surface area contributed by atoms with E-state index < -0.39 is 36.0 Å². The minimum atomic E-state index is -0.935. The van der Waals surface area contributed by atoms with Crippen LogP contribution in [0.3, 0.4) is 0 Å². The second kappa shape index (κ2) is 21.8. The number of ether oxygens (including phenoxy) is 7. The molecule has 15 nitrogen and oxygen atoms in total. The van der Waals surface area contributed by atoms with E-state index >= 15 is 0 Å². The molecule has 0 saturated heterocycles. The third-order valence-electron chi connectivity index (χ3n) is 8.07. The SMILES string of the molecule is C=CC(=O)OCOc1ccc(C(=O)OCCc2ccc(OC(=O)c3ccc(OCC(COC(=O)C=C)OC(=O)C=C)cc3)c(/C=N/N(C)c3nc4ccccc4s3)c2)cc1. The molecule has 5 rings (SSSR count). The third-order valence-corrected chi connectivity index (χ3v) is 9.17. The van der Waals surface area contributed by atoms with Crippen LogP contribution < -0.4 is 19.2 Å². The Morgan fingerprint density at radius 1 is 0.750 bits per heavy atom. The maximum Gasteiger partial charge on any atom is 0.343 e. The number of fused-ring (bicyclic) bond motifs is 1. The van der Waals surface area contributed by atoms with Crippen molar-refractivity contribution >= 4 is 62.7 Å². The van der Waals surface area contributed by atoms with E-state index in [1.54, 1.807) is 48.6 Å². The first-order chi connectivity index (χ1) is 29.0. The molecule has 0 radical (unpaired) electrons. The van der Waals surface area contributed by atoms with Gasteiger partial charge in [0.25, 0.3) is 0 Å². The van der Waals surface area contributed by atoms with Gasteiger partial charge in [-0.15, -0.1) is 0 Å². The molecule has 0 saturated carbocycles. The van der Waals surface area contributed by atoms with Crippen molar-refractivity contribution < 1.29 is 57.1 Å². The summed E-state index contributed by atoms with van der Waals surface area (Å²) in [5.74, 6) is -2.31. The van der Waals surface area contributed by atoms with Gasteiger partial charge in [-0.05, 0) is 78.4 Å².